The van der Waals surface area contributed by atoms with Gasteiger partial charge in [0.25, 0.3) is 5.91 Å². The lowest BCUT2D eigenvalue weighted by Gasteiger charge is -2.14. The first-order valence-electron chi connectivity index (χ1n) is 10.0. The Bertz CT molecular complexity index is 1220. The van der Waals surface area contributed by atoms with Gasteiger partial charge < -0.3 is 5.32 Å². The second-order valence-electron chi connectivity index (χ2n) is 7.35. The van der Waals surface area contributed by atoms with E-state index in [0.717, 1.165) is 11.1 Å². The van der Waals surface area contributed by atoms with Gasteiger partial charge in [-0.25, -0.2) is 13.6 Å². The maximum Gasteiger partial charge on any atom is 0.266 e. The van der Waals surface area contributed by atoms with Gasteiger partial charge in [-0.1, -0.05) is 60.4 Å². The van der Waals surface area contributed by atoms with E-state index in [2.05, 4.69) is 5.32 Å². The minimum atomic E-state index is -3.78. The molecule has 0 saturated carbocycles. The first-order chi connectivity index (χ1) is 15.6. The van der Waals surface area contributed by atoms with Gasteiger partial charge >= 0.3 is 0 Å². The van der Waals surface area contributed by atoms with E-state index in [1.54, 1.807) is 0 Å². The molecule has 0 unspecified atom stereocenters. The highest BCUT2D eigenvalue weighted by Crippen LogP contribution is 2.32. The smallest absolute Gasteiger partial charge is 0.266 e. The van der Waals surface area contributed by atoms with Gasteiger partial charge in [0.1, 0.15) is 4.32 Å². The van der Waals surface area contributed by atoms with E-state index in [9.17, 15) is 18.0 Å². The van der Waals surface area contributed by atoms with E-state index in [0.29, 0.717) is 27.9 Å². The van der Waals surface area contributed by atoms with E-state index < -0.39 is 10.0 Å². The summed E-state index contributed by atoms with van der Waals surface area (Å²) < 4.78 is 23.1. The van der Waals surface area contributed by atoms with E-state index in [1.807, 2.05) is 49.4 Å². The number of carbonyl (C=O) groups is 2. The molecule has 0 aromatic heterocycles. The van der Waals surface area contributed by atoms with Crippen molar-refractivity contribution in [2.75, 3.05) is 11.9 Å². The quantitative estimate of drug-likeness (QED) is 0.419. The van der Waals surface area contributed by atoms with Gasteiger partial charge in [0.2, 0.25) is 15.9 Å². The molecule has 0 radical (unpaired) electrons. The van der Waals surface area contributed by atoms with Crippen LogP contribution in [0, 0.1) is 0 Å². The average molecular weight is 502 g/mol. The number of thiocarbonyl (C=S) groups is 1. The number of thioether (sulfide) groups is 1. The van der Waals surface area contributed by atoms with Crippen LogP contribution in [-0.4, -0.2) is 36.0 Å². The van der Waals surface area contributed by atoms with Gasteiger partial charge in [-0.3, -0.25) is 14.5 Å². The van der Waals surface area contributed by atoms with Crippen LogP contribution >= 0.6 is 24.0 Å². The number of primary sulfonamides is 1. The minimum Gasteiger partial charge on any atom is -0.326 e. The zero-order valence-corrected chi connectivity index (χ0v) is 20.3. The highest BCUT2D eigenvalue weighted by atomic mass is 32.2. The molecule has 0 spiro atoms. The van der Waals surface area contributed by atoms with Crippen LogP contribution in [0.5, 0.6) is 0 Å². The van der Waals surface area contributed by atoms with Crippen molar-refractivity contribution in [3.05, 3.63) is 76.7 Å². The molecule has 7 nitrogen and oxygen atoms in total. The lowest BCUT2D eigenvalue weighted by Crippen LogP contribution is -2.29. The molecular formula is C23H23N3O4S3. The Morgan fingerprint density at radius 2 is 1.82 bits per heavy atom. The molecule has 0 atom stereocenters. The standard InChI is InChI=1S/C23H23N3O4S3/c1-16(14-17-6-3-2-4-7-17)15-20-22(28)26(23(31)32-20)13-5-8-21(27)25-18-9-11-19(12-10-18)33(24,29)30/h2-4,6-7,9-12,14-15H,5,8,13H2,1H3,(H,25,27)(H2,24,29,30)/b16-14+,20-15-. The average Bonchev–Trinajstić information content (AvgIpc) is 3.01. The monoisotopic (exact) mass is 501 g/mol. The van der Waals surface area contributed by atoms with E-state index in [-0.39, 0.29) is 23.1 Å². The lowest BCUT2D eigenvalue weighted by atomic mass is 10.1. The third-order valence-electron chi connectivity index (χ3n) is 4.68. The largest absolute Gasteiger partial charge is 0.326 e. The van der Waals surface area contributed by atoms with Crippen LogP contribution < -0.4 is 10.5 Å². The number of rotatable bonds is 8. The predicted octanol–water partition coefficient (Wildman–Crippen LogP) is 3.90. The fraction of sp³-hybridized carbons (Fsp3) is 0.174. The van der Waals surface area contributed by atoms with E-state index >= 15 is 0 Å². The van der Waals surface area contributed by atoms with E-state index in [1.165, 1.54) is 40.9 Å². The second-order valence-corrected chi connectivity index (χ2v) is 10.6. The van der Waals surface area contributed by atoms with Crippen molar-refractivity contribution in [1.29, 1.82) is 0 Å². The first-order valence-corrected chi connectivity index (χ1v) is 12.8. The Balaban J connectivity index is 1.52. The third kappa shape index (κ3) is 7.10. The van der Waals surface area contributed by atoms with Crippen LogP contribution in [0.4, 0.5) is 5.69 Å². The topological polar surface area (TPSA) is 110 Å². The predicted molar refractivity (Wildman–Crippen MR) is 136 cm³/mol. The number of nitrogens with one attached hydrogen (secondary N) is 1. The number of carbonyl (C=O) groups excluding carboxylic acids is 2. The zero-order chi connectivity index (χ0) is 24.0. The molecule has 0 bridgehead atoms. The molecule has 1 aliphatic heterocycles. The molecule has 10 heteroatoms. The number of hydrogen-bond acceptors (Lipinski definition) is 6. The summed E-state index contributed by atoms with van der Waals surface area (Å²) in [6, 6.07) is 15.4. The highest BCUT2D eigenvalue weighted by molar-refractivity contribution is 8.26. The minimum absolute atomic E-state index is 0.0308. The Morgan fingerprint density at radius 1 is 1.15 bits per heavy atom. The molecular weight excluding hydrogens is 478 g/mol. The number of anilines is 1. The Morgan fingerprint density at radius 3 is 2.45 bits per heavy atom. The molecule has 1 heterocycles. The van der Waals surface area contributed by atoms with Crippen LogP contribution in [-0.2, 0) is 19.6 Å². The van der Waals surface area contributed by atoms with Crippen molar-refractivity contribution in [1.82, 2.24) is 4.90 Å². The lowest BCUT2D eigenvalue weighted by molar-refractivity contribution is -0.122. The van der Waals surface area contributed by atoms with Gasteiger partial charge in [0, 0.05) is 18.7 Å². The Labute approximate surface area is 202 Å². The number of benzene rings is 2. The fourth-order valence-electron chi connectivity index (χ4n) is 3.10. The molecule has 1 saturated heterocycles. The summed E-state index contributed by atoms with van der Waals surface area (Å²) in [6.07, 6.45) is 4.43. The van der Waals surface area contributed by atoms with Gasteiger partial charge in [-0.2, -0.15) is 0 Å². The van der Waals surface area contributed by atoms with Crippen molar-refractivity contribution < 1.29 is 18.0 Å². The van der Waals surface area contributed by atoms with Gasteiger partial charge in [0.15, 0.2) is 0 Å². The maximum absolute atomic E-state index is 12.7. The van der Waals surface area contributed by atoms with Crippen LogP contribution in [0.2, 0.25) is 0 Å². The number of nitrogens with two attached hydrogens (primary N) is 1. The molecule has 2 aromatic carbocycles. The normalized spacial score (nSPS) is 15.9. The van der Waals surface area contributed by atoms with Crippen LogP contribution in [0.15, 0.2) is 76.0 Å². The number of allylic oxidation sites excluding steroid dienone is 2. The molecule has 3 rings (SSSR count). The molecule has 33 heavy (non-hydrogen) atoms. The first kappa shape index (κ1) is 24.8. The summed E-state index contributed by atoms with van der Waals surface area (Å²) in [6.45, 7) is 2.26. The van der Waals surface area contributed by atoms with E-state index in [4.69, 9.17) is 17.4 Å². The molecule has 1 aliphatic rings. The number of nitrogens with zero attached hydrogens (tertiary/aromatic N) is 1. The molecule has 1 fully saturated rings. The molecule has 2 aromatic rings. The number of amides is 2. The molecule has 172 valence electrons. The summed E-state index contributed by atoms with van der Waals surface area (Å²) in [5.74, 6) is -0.411. The van der Waals surface area contributed by atoms with Gasteiger partial charge in [-0.05, 0) is 54.8 Å². The molecule has 2 amide bonds. The van der Waals surface area contributed by atoms with Crippen molar-refractivity contribution in [2.24, 2.45) is 5.14 Å². The van der Waals surface area contributed by atoms with Crippen molar-refractivity contribution in [3.63, 3.8) is 0 Å². The van der Waals surface area contributed by atoms with Crippen molar-refractivity contribution >= 4 is 61.9 Å². The van der Waals surface area contributed by atoms with Gasteiger partial charge in [0.05, 0.1) is 9.80 Å². The van der Waals surface area contributed by atoms with Crippen molar-refractivity contribution in [2.45, 2.75) is 24.7 Å². The van der Waals surface area contributed by atoms with Crippen LogP contribution in [0.1, 0.15) is 25.3 Å². The Kier molecular flexibility index (Phi) is 8.20. The van der Waals surface area contributed by atoms with Crippen LogP contribution in [0.25, 0.3) is 6.08 Å². The van der Waals surface area contributed by atoms with Gasteiger partial charge in [-0.15, -0.1) is 0 Å². The fourth-order valence-corrected chi connectivity index (χ4v) is 4.98. The Hall–Kier alpha value is -2.79. The SMILES string of the molecule is CC(/C=C1\SC(=S)N(CCCC(=O)Nc2ccc(S(N)(=O)=O)cc2)C1=O)=C\c1ccccc1. The summed E-state index contributed by atoms with van der Waals surface area (Å²) in [5.41, 5.74) is 2.45. The highest BCUT2D eigenvalue weighted by Gasteiger charge is 2.31. The summed E-state index contributed by atoms with van der Waals surface area (Å²) in [5, 5.41) is 7.75. The third-order valence-corrected chi connectivity index (χ3v) is 6.99. The maximum atomic E-state index is 12.7. The summed E-state index contributed by atoms with van der Waals surface area (Å²) in [4.78, 5) is 27.0. The zero-order valence-electron chi connectivity index (χ0n) is 17.9. The molecule has 3 N–H and O–H groups in total. The molecule has 0 aliphatic carbocycles. The number of sulfonamides is 1. The summed E-state index contributed by atoms with van der Waals surface area (Å²) >= 11 is 6.60. The summed E-state index contributed by atoms with van der Waals surface area (Å²) in [7, 11) is -3.78. The van der Waals surface area contributed by atoms with Crippen LogP contribution in [0.3, 0.4) is 0 Å². The second kappa shape index (κ2) is 10.9. The van der Waals surface area contributed by atoms with Crippen molar-refractivity contribution in [3.8, 4) is 0 Å². The number of hydrogen-bond donors (Lipinski definition) is 2.